The normalized spacial score (nSPS) is 19.1. The number of rotatable bonds is 3. The van der Waals surface area contributed by atoms with E-state index in [4.69, 9.17) is 0 Å². The van der Waals surface area contributed by atoms with Crippen LogP contribution < -0.4 is 0 Å². The quantitative estimate of drug-likeness (QED) is 0.882. The lowest BCUT2D eigenvalue weighted by Gasteiger charge is -2.25. The van der Waals surface area contributed by atoms with Gasteiger partial charge in [0, 0.05) is 0 Å². The zero-order valence-electron chi connectivity index (χ0n) is 11.4. The average Bonchev–Trinajstić information content (AvgIpc) is 2.38. The molecule has 0 spiro atoms. The standard InChI is InChI=1S/C15H19F3OS/c1-10-8-12(15(16,17)18)2-3-13(10)14(19)9-11-4-6-20-7-5-11/h2-3,8,11,14,19H,4-7,9H2,1H3. The van der Waals surface area contributed by atoms with Gasteiger partial charge >= 0.3 is 6.18 Å². The van der Waals surface area contributed by atoms with Crippen molar-refractivity contribution in [2.75, 3.05) is 11.5 Å². The van der Waals surface area contributed by atoms with Crippen molar-refractivity contribution in [3.05, 3.63) is 34.9 Å². The van der Waals surface area contributed by atoms with Crippen LogP contribution >= 0.6 is 11.8 Å². The molecular formula is C15H19F3OS. The maximum atomic E-state index is 12.6. The lowest BCUT2D eigenvalue weighted by molar-refractivity contribution is -0.137. The molecule has 0 aromatic heterocycles. The summed E-state index contributed by atoms with van der Waals surface area (Å²) >= 11 is 1.92. The van der Waals surface area contributed by atoms with Gasteiger partial charge in [0.05, 0.1) is 11.7 Å². The van der Waals surface area contributed by atoms with Gasteiger partial charge in [0.2, 0.25) is 0 Å². The van der Waals surface area contributed by atoms with Gasteiger partial charge in [-0.15, -0.1) is 0 Å². The van der Waals surface area contributed by atoms with Gasteiger partial charge in [-0.2, -0.15) is 24.9 Å². The first kappa shape index (κ1) is 15.7. The Morgan fingerprint density at radius 3 is 2.50 bits per heavy atom. The topological polar surface area (TPSA) is 20.2 Å². The summed E-state index contributed by atoms with van der Waals surface area (Å²) in [4.78, 5) is 0. The molecule has 1 saturated heterocycles. The van der Waals surface area contributed by atoms with Crippen molar-refractivity contribution in [2.45, 2.75) is 38.5 Å². The molecule has 1 fully saturated rings. The van der Waals surface area contributed by atoms with Crippen molar-refractivity contribution in [2.24, 2.45) is 5.92 Å². The number of alkyl halides is 3. The van der Waals surface area contributed by atoms with Crippen molar-refractivity contribution >= 4 is 11.8 Å². The second kappa shape index (κ2) is 6.39. The molecule has 5 heteroatoms. The molecule has 1 nitrogen and oxygen atoms in total. The van der Waals surface area contributed by atoms with Crippen LogP contribution in [0.5, 0.6) is 0 Å². The Kier molecular flexibility index (Phi) is 5.02. The predicted molar refractivity (Wildman–Crippen MR) is 75.8 cm³/mol. The largest absolute Gasteiger partial charge is 0.416 e. The van der Waals surface area contributed by atoms with Gasteiger partial charge < -0.3 is 5.11 Å². The molecule has 1 unspecified atom stereocenters. The number of aliphatic hydroxyl groups excluding tert-OH is 1. The highest BCUT2D eigenvalue weighted by Gasteiger charge is 2.31. The first-order chi connectivity index (χ1) is 9.38. The first-order valence-corrected chi connectivity index (χ1v) is 7.97. The van der Waals surface area contributed by atoms with Crippen molar-refractivity contribution < 1.29 is 18.3 Å². The van der Waals surface area contributed by atoms with E-state index in [-0.39, 0.29) is 0 Å². The van der Waals surface area contributed by atoms with Crippen LogP contribution in [0, 0.1) is 12.8 Å². The molecule has 112 valence electrons. The zero-order valence-corrected chi connectivity index (χ0v) is 12.2. The van der Waals surface area contributed by atoms with E-state index in [0.717, 1.165) is 36.5 Å². The van der Waals surface area contributed by atoms with Crippen molar-refractivity contribution in [3.8, 4) is 0 Å². The van der Waals surface area contributed by atoms with E-state index in [1.54, 1.807) is 6.92 Å². The molecule has 1 heterocycles. The highest BCUT2D eigenvalue weighted by molar-refractivity contribution is 7.99. The van der Waals surface area contributed by atoms with E-state index in [1.807, 2.05) is 11.8 Å². The van der Waals surface area contributed by atoms with Gasteiger partial charge in [0.25, 0.3) is 0 Å². The Hall–Kier alpha value is -0.680. The number of thioether (sulfide) groups is 1. The summed E-state index contributed by atoms with van der Waals surface area (Å²) in [5.74, 6) is 2.71. The van der Waals surface area contributed by atoms with Crippen LogP contribution in [0.2, 0.25) is 0 Å². The number of benzene rings is 1. The minimum absolute atomic E-state index is 0.480. The van der Waals surface area contributed by atoms with Gasteiger partial charge in [-0.3, -0.25) is 0 Å². The van der Waals surface area contributed by atoms with Crippen LogP contribution in [-0.2, 0) is 6.18 Å². The van der Waals surface area contributed by atoms with Gasteiger partial charge in [0.15, 0.2) is 0 Å². The Morgan fingerprint density at radius 2 is 1.95 bits per heavy atom. The fraction of sp³-hybridized carbons (Fsp3) is 0.600. The Bertz CT molecular complexity index is 453. The maximum absolute atomic E-state index is 12.6. The summed E-state index contributed by atoms with van der Waals surface area (Å²) in [6, 6.07) is 3.60. The van der Waals surface area contributed by atoms with Gasteiger partial charge in [-0.1, -0.05) is 6.07 Å². The number of aliphatic hydroxyl groups is 1. The van der Waals surface area contributed by atoms with Crippen LogP contribution in [0.4, 0.5) is 13.2 Å². The highest BCUT2D eigenvalue weighted by Crippen LogP contribution is 2.35. The molecule has 1 aliphatic heterocycles. The molecule has 1 aromatic rings. The van der Waals surface area contributed by atoms with Crippen LogP contribution in [0.15, 0.2) is 18.2 Å². The fourth-order valence-electron chi connectivity index (χ4n) is 2.65. The molecule has 1 aliphatic rings. The molecule has 0 bridgehead atoms. The molecule has 0 amide bonds. The lowest BCUT2D eigenvalue weighted by Crippen LogP contribution is -2.14. The first-order valence-electron chi connectivity index (χ1n) is 6.81. The molecular weight excluding hydrogens is 285 g/mol. The fourth-order valence-corrected chi connectivity index (χ4v) is 3.85. The van der Waals surface area contributed by atoms with E-state index >= 15 is 0 Å². The second-order valence-electron chi connectivity index (χ2n) is 5.38. The minimum atomic E-state index is -4.32. The zero-order chi connectivity index (χ0) is 14.8. The van der Waals surface area contributed by atoms with Crippen molar-refractivity contribution in [1.82, 2.24) is 0 Å². The minimum Gasteiger partial charge on any atom is -0.388 e. The highest BCUT2D eigenvalue weighted by atomic mass is 32.2. The smallest absolute Gasteiger partial charge is 0.388 e. The Morgan fingerprint density at radius 1 is 1.30 bits per heavy atom. The Balaban J connectivity index is 2.07. The lowest BCUT2D eigenvalue weighted by atomic mass is 9.90. The summed E-state index contributed by atoms with van der Waals surface area (Å²) in [5.41, 5.74) is 0.480. The van der Waals surface area contributed by atoms with Gasteiger partial charge in [-0.05, 0) is 66.9 Å². The molecule has 1 N–H and O–H groups in total. The van der Waals surface area contributed by atoms with Gasteiger partial charge in [-0.25, -0.2) is 0 Å². The third kappa shape index (κ3) is 3.92. The summed E-state index contributed by atoms with van der Waals surface area (Å²) in [5, 5.41) is 10.3. The SMILES string of the molecule is Cc1cc(C(F)(F)F)ccc1C(O)CC1CCSCC1. The van der Waals surface area contributed by atoms with Crippen LogP contribution in [-0.4, -0.2) is 16.6 Å². The number of aryl methyl sites for hydroxylation is 1. The molecule has 20 heavy (non-hydrogen) atoms. The monoisotopic (exact) mass is 304 g/mol. The second-order valence-corrected chi connectivity index (χ2v) is 6.60. The summed E-state index contributed by atoms with van der Waals surface area (Å²) < 4.78 is 37.8. The van der Waals surface area contributed by atoms with Crippen molar-refractivity contribution in [1.29, 1.82) is 0 Å². The van der Waals surface area contributed by atoms with Crippen molar-refractivity contribution in [3.63, 3.8) is 0 Å². The third-order valence-electron chi connectivity index (χ3n) is 3.85. The van der Waals surface area contributed by atoms with Gasteiger partial charge in [0.1, 0.15) is 0 Å². The molecule has 1 aromatic carbocycles. The summed E-state index contributed by atoms with van der Waals surface area (Å²) in [7, 11) is 0. The van der Waals surface area contributed by atoms with E-state index in [0.29, 0.717) is 23.5 Å². The predicted octanol–water partition coefficient (Wildman–Crippen LogP) is 4.58. The molecule has 0 aliphatic carbocycles. The number of hydrogen-bond acceptors (Lipinski definition) is 2. The van der Waals surface area contributed by atoms with E-state index < -0.39 is 17.8 Å². The molecule has 0 saturated carbocycles. The Labute approximate surface area is 121 Å². The van der Waals surface area contributed by atoms with E-state index in [2.05, 4.69) is 0 Å². The van der Waals surface area contributed by atoms with Crippen LogP contribution in [0.1, 0.15) is 42.1 Å². The van der Waals surface area contributed by atoms with E-state index in [9.17, 15) is 18.3 Å². The number of hydrogen-bond donors (Lipinski definition) is 1. The third-order valence-corrected chi connectivity index (χ3v) is 4.90. The maximum Gasteiger partial charge on any atom is 0.416 e. The summed E-state index contributed by atoms with van der Waals surface area (Å²) in [6.07, 6.45) is -2.17. The molecule has 2 rings (SSSR count). The number of halogens is 3. The molecule has 0 radical (unpaired) electrons. The average molecular weight is 304 g/mol. The van der Waals surface area contributed by atoms with E-state index in [1.165, 1.54) is 6.07 Å². The summed E-state index contributed by atoms with van der Waals surface area (Å²) in [6.45, 7) is 1.63. The van der Waals surface area contributed by atoms with Crippen LogP contribution in [0.25, 0.3) is 0 Å². The van der Waals surface area contributed by atoms with Crippen LogP contribution in [0.3, 0.4) is 0 Å². The molecule has 1 atom stereocenters.